The van der Waals surface area contributed by atoms with E-state index in [1.54, 1.807) is 6.07 Å². The highest BCUT2D eigenvalue weighted by Gasteiger charge is 2.21. The predicted octanol–water partition coefficient (Wildman–Crippen LogP) is 4.86. The van der Waals surface area contributed by atoms with Gasteiger partial charge in [0, 0.05) is 23.3 Å². The third kappa shape index (κ3) is 5.04. The molecule has 166 valence electrons. The molecule has 0 atom stereocenters. The van der Waals surface area contributed by atoms with Gasteiger partial charge in [-0.15, -0.1) is 0 Å². The monoisotopic (exact) mass is 492 g/mol. The quantitative estimate of drug-likeness (QED) is 0.496. The fraction of sp³-hybridized carbons (Fsp3) is 0.0909. The molecule has 0 heterocycles. The minimum absolute atomic E-state index is 0.0929. The summed E-state index contributed by atoms with van der Waals surface area (Å²) in [5.74, 6) is -1.07. The Labute approximate surface area is 195 Å². The van der Waals surface area contributed by atoms with Gasteiger partial charge in [0.25, 0.3) is 15.9 Å². The van der Waals surface area contributed by atoms with Crippen LogP contribution in [0.2, 0.25) is 10.0 Å². The average Bonchev–Trinajstić information content (AvgIpc) is 2.79. The first kappa shape index (κ1) is 23.6. The Morgan fingerprint density at radius 3 is 2.16 bits per heavy atom. The average molecular weight is 493 g/mol. The van der Waals surface area contributed by atoms with Crippen molar-refractivity contribution in [3.05, 3.63) is 87.9 Å². The highest BCUT2D eigenvalue weighted by Crippen LogP contribution is 2.25. The maximum absolute atomic E-state index is 12.8. The molecule has 0 radical (unpaired) electrons. The van der Waals surface area contributed by atoms with Crippen LogP contribution in [0.15, 0.2) is 71.6 Å². The zero-order valence-corrected chi connectivity index (χ0v) is 19.3. The molecule has 1 N–H and O–H groups in total. The van der Waals surface area contributed by atoms with Gasteiger partial charge in [-0.2, -0.15) is 0 Å². The summed E-state index contributed by atoms with van der Waals surface area (Å²) in [6.07, 6.45) is 0. The SMILES string of the molecule is COC(=O)c1cc(NC(=O)c2ccc(N(C)S(=O)(=O)c3ccc(Cl)cc3)cc2)ccc1Cl. The van der Waals surface area contributed by atoms with Crippen molar-refractivity contribution in [3.8, 4) is 0 Å². The molecule has 3 rings (SSSR count). The molecule has 10 heteroatoms. The number of nitrogens with zero attached hydrogens (tertiary/aromatic N) is 1. The van der Waals surface area contributed by atoms with Gasteiger partial charge in [0.2, 0.25) is 0 Å². The van der Waals surface area contributed by atoms with Crippen LogP contribution in [0.4, 0.5) is 11.4 Å². The van der Waals surface area contributed by atoms with Crippen LogP contribution >= 0.6 is 23.2 Å². The summed E-state index contributed by atoms with van der Waals surface area (Å²) in [7, 11) is -1.14. The second-order valence-electron chi connectivity index (χ2n) is 6.61. The fourth-order valence-corrected chi connectivity index (χ4v) is 4.32. The molecule has 0 spiro atoms. The molecular formula is C22H18Cl2N2O5S. The van der Waals surface area contributed by atoms with E-state index in [9.17, 15) is 18.0 Å². The van der Waals surface area contributed by atoms with Gasteiger partial charge >= 0.3 is 5.97 Å². The largest absolute Gasteiger partial charge is 0.465 e. The summed E-state index contributed by atoms with van der Waals surface area (Å²) >= 11 is 11.8. The first-order chi connectivity index (χ1) is 15.1. The third-order valence-electron chi connectivity index (χ3n) is 4.59. The van der Waals surface area contributed by atoms with Crippen LogP contribution in [-0.4, -0.2) is 34.5 Å². The van der Waals surface area contributed by atoms with Crippen LogP contribution in [-0.2, 0) is 14.8 Å². The number of esters is 1. The van der Waals surface area contributed by atoms with Gasteiger partial charge in [-0.25, -0.2) is 13.2 Å². The van der Waals surface area contributed by atoms with Crippen molar-refractivity contribution in [2.24, 2.45) is 0 Å². The van der Waals surface area contributed by atoms with Crippen LogP contribution in [0.5, 0.6) is 0 Å². The lowest BCUT2D eigenvalue weighted by Gasteiger charge is -2.20. The Hall–Kier alpha value is -3.07. The molecule has 3 aromatic rings. The maximum Gasteiger partial charge on any atom is 0.339 e. The molecule has 0 aromatic heterocycles. The van der Waals surface area contributed by atoms with Gasteiger partial charge < -0.3 is 10.1 Å². The van der Waals surface area contributed by atoms with Crippen molar-refractivity contribution in [1.82, 2.24) is 0 Å². The second kappa shape index (κ2) is 9.60. The van der Waals surface area contributed by atoms with E-state index in [2.05, 4.69) is 10.1 Å². The summed E-state index contributed by atoms with van der Waals surface area (Å²) in [6.45, 7) is 0. The molecule has 32 heavy (non-hydrogen) atoms. The van der Waals surface area contributed by atoms with E-state index in [1.807, 2.05) is 0 Å². The van der Waals surface area contributed by atoms with Crippen LogP contribution < -0.4 is 9.62 Å². The summed E-state index contributed by atoms with van der Waals surface area (Å²) in [4.78, 5) is 24.4. The summed E-state index contributed by atoms with van der Waals surface area (Å²) < 4.78 is 31.4. The number of amides is 1. The lowest BCUT2D eigenvalue weighted by Crippen LogP contribution is -2.26. The van der Waals surface area contributed by atoms with Crippen LogP contribution in [0.25, 0.3) is 0 Å². The van der Waals surface area contributed by atoms with Crippen molar-refractivity contribution in [2.75, 3.05) is 23.8 Å². The fourth-order valence-electron chi connectivity index (χ4n) is 2.80. The van der Waals surface area contributed by atoms with Gasteiger partial charge in [0.05, 0.1) is 28.3 Å². The standard InChI is InChI=1S/C22H18Cl2N2O5S/c1-26(32(29,30)18-10-5-15(23)6-11-18)17-8-3-14(4-9-17)21(27)25-16-7-12-20(24)19(13-16)22(28)31-2/h3-13H,1-2H3,(H,25,27). The molecule has 0 saturated heterocycles. The topological polar surface area (TPSA) is 92.8 Å². The summed E-state index contributed by atoms with van der Waals surface area (Å²) in [5.41, 5.74) is 1.14. The number of nitrogens with one attached hydrogen (secondary N) is 1. The number of carbonyl (C=O) groups excluding carboxylic acids is 2. The van der Waals surface area contributed by atoms with Gasteiger partial charge in [-0.3, -0.25) is 9.10 Å². The molecule has 0 saturated carbocycles. The number of ether oxygens (including phenoxy) is 1. The molecule has 0 bridgehead atoms. The lowest BCUT2D eigenvalue weighted by molar-refractivity contribution is 0.0600. The van der Waals surface area contributed by atoms with Gasteiger partial charge in [0.15, 0.2) is 0 Å². The summed E-state index contributed by atoms with van der Waals surface area (Å²) in [6, 6.07) is 16.3. The van der Waals surface area contributed by atoms with Crippen LogP contribution in [0.1, 0.15) is 20.7 Å². The lowest BCUT2D eigenvalue weighted by atomic mass is 10.1. The highest BCUT2D eigenvalue weighted by atomic mass is 35.5. The number of methoxy groups -OCH3 is 1. The van der Waals surface area contributed by atoms with Crippen molar-refractivity contribution < 1.29 is 22.7 Å². The van der Waals surface area contributed by atoms with Crippen molar-refractivity contribution in [2.45, 2.75) is 4.90 Å². The van der Waals surface area contributed by atoms with Crippen LogP contribution in [0, 0.1) is 0 Å². The normalized spacial score (nSPS) is 11.0. The number of rotatable bonds is 6. The van der Waals surface area contributed by atoms with Crippen molar-refractivity contribution in [3.63, 3.8) is 0 Å². The van der Waals surface area contributed by atoms with Crippen molar-refractivity contribution in [1.29, 1.82) is 0 Å². The zero-order valence-electron chi connectivity index (χ0n) is 17.0. The molecule has 7 nitrogen and oxygen atoms in total. The van der Waals surface area contributed by atoms with E-state index in [0.717, 1.165) is 4.31 Å². The molecule has 1 amide bonds. The van der Waals surface area contributed by atoms with E-state index >= 15 is 0 Å². The number of hydrogen-bond donors (Lipinski definition) is 1. The van der Waals surface area contributed by atoms with E-state index < -0.39 is 21.9 Å². The Morgan fingerprint density at radius 2 is 1.56 bits per heavy atom. The molecule has 0 aliphatic carbocycles. The first-order valence-corrected chi connectivity index (χ1v) is 11.4. The smallest absolute Gasteiger partial charge is 0.339 e. The zero-order chi connectivity index (χ0) is 23.5. The number of anilines is 2. The van der Waals surface area contributed by atoms with E-state index in [0.29, 0.717) is 22.0 Å². The number of benzene rings is 3. The minimum atomic E-state index is -3.79. The van der Waals surface area contributed by atoms with Gasteiger partial charge in [0.1, 0.15) is 0 Å². The molecule has 0 aliphatic heterocycles. The molecule has 0 unspecified atom stereocenters. The first-order valence-electron chi connectivity index (χ1n) is 9.17. The number of hydrogen-bond acceptors (Lipinski definition) is 5. The molecule has 0 aliphatic rings. The predicted molar refractivity (Wildman–Crippen MR) is 124 cm³/mol. The highest BCUT2D eigenvalue weighted by molar-refractivity contribution is 7.92. The Kier molecular flexibility index (Phi) is 7.08. The van der Waals surface area contributed by atoms with Crippen LogP contribution in [0.3, 0.4) is 0 Å². The number of carbonyl (C=O) groups is 2. The third-order valence-corrected chi connectivity index (χ3v) is 6.98. The van der Waals surface area contributed by atoms with E-state index in [1.165, 1.54) is 74.8 Å². The minimum Gasteiger partial charge on any atom is -0.465 e. The molecule has 0 fully saturated rings. The number of sulfonamides is 1. The molecular weight excluding hydrogens is 475 g/mol. The Bertz CT molecular complexity index is 1260. The number of halogens is 2. The van der Waals surface area contributed by atoms with E-state index in [4.69, 9.17) is 23.2 Å². The van der Waals surface area contributed by atoms with Gasteiger partial charge in [-0.05, 0) is 66.7 Å². The maximum atomic E-state index is 12.8. The molecule has 3 aromatic carbocycles. The summed E-state index contributed by atoms with van der Waals surface area (Å²) in [5, 5.41) is 3.30. The Balaban J connectivity index is 1.77. The second-order valence-corrected chi connectivity index (χ2v) is 9.43. The Morgan fingerprint density at radius 1 is 0.938 bits per heavy atom. The van der Waals surface area contributed by atoms with E-state index in [-0.39, 0.29) is 15.5 Å². The van der Waals surface area contributed by atoms with Gasteiger partial charge in [-0.1, -0.05) is 23.2 Å². The van der Waals surface area contributed by atoms with Crippen molar-refractivity contribution >= 4 is 56.5 Å².